The van der Waals surface area contributed by atoms with E-state index in [1.54, 1.807) is 0 Å². The molecule has 2 atom stereocenters. The molecule has 96 valence electrons. The van der Waals surface area contributed by atoms with Crippen molar-refractivity contribution in [3.05, 3.63) is 0 Å². The summed E-state index contributed by atoms with van der Waals surface area (Å²) in [4.78, 5) is 0. The minimum absolute atomic E-state index is 0.138. The zero-order chi connectivity index (χ0) is 12.2. The van der Waals surface area contributed by atoms with Crippen LogP contribution in [0.5, 0.6) is 0 Å². The van der Waals surface area contributed by atoms with Gasteiger partial charge in [0.25, 0.3) is 0 Å². The number of rotatable bonds is 5. The van der Waals surface area contributed by atoms with Gasteiger partial charge in [-0.25, -0.2) is 13.1 Å². The fourth-order valence-electron chi connectivity index (χ4n) is 2.38. The summed E-state index contributed by atoms with van der Waals surface area (Å²) in [5, 5.41) is 10.2. The van der Waals surface area contributed by atoms with Gasteiger partial charge in [-0.05, 0) is 25.2 Å². The van der Waals surface area contributed by atoms with Crippen LogP contribution in [0.3, 0.4) is 0 Å². The van der Waals surface area contributed by atoms with Gasteiger partial charge >= 0.3 is 0 Å². The van der Waals surface area contributed by atoms with Crippen molar-refractivity contribution in [3.63, 3.8) is 0 Å². The van der Waals surface area contributed by atoms with Crippen molar-refractivity contribution < 1.29 is 13.5 Å². The molecule has 1 rings (SSSR count). The number of sulfonamides is 1. The van der Waals surface area contributed by atoms with Crippen molar-refractivity contribution in [1.29, 1.82) is 0 Å². The van der Waals surface area contributed by atoms with E-state index in [0.717, 1.165) is 12.8 Å². The molecular formula is C11H23NO3S. The molecule has 0 aliphatic heterocycles. The zero-order valence-corrected chi connectivity index (χ0v) is 11.0. The molecule has 0 spiro atoms. The van der Waals surface area contributed by atoms with Gasteiger partial charge in [0.05, 0.1) is 11.4 Å². The third kappa shape index (κ3) is 4.39. The third-order valence-corrected chi connectivity index (χ3v) is 4.69. The molecule has 0 saturated heterocycles. The van der Waals surface area contributed by atoms with Crippen molar-refractivity contribution in [1.82, 2.24) is 4.72 Å². The summed E-state index contributed by atoms with van der Waals surface area (Å²) < 4.78 is 25.5. The summed E-state index contributed by atoms with van der Waals surface area (Å²) >= 11 is 0. The predicted octanol–water partition coefficient (Wildman–Crippen LogP) is 1.26. The smallest absolute Gasteiger partial charge is 0.211 e. The van der Waals surface area contributed by atoms with Gasteiger partial charge in [0.2, 0.25) is 10.0 Å². The Labute approximate surface area is 98.5 Å². The van der Waals surface area contributed by atoms with Gasteiger partial charge in [0, 0.05) is 6.54 Å². The second-order valence-electron chi connectivity index (χ2n) is 5.07. The first-order chi connectivity index (χ1) is 7.37. The highest BCUT2D eigenvalue weighted by molar-refractivity contribution is 7.89. The average Bonchev–Trinajstić information content (AvgIpc) is 2.15. The van der Waals surface area contributed by atoms with Crippen LogP contribution in [0.25, 0.3) is 0 Å². The van der Waals surface area contributed by atoms with Gasteiger partial charge in [0.15, 0.2) is 0 Å². The van der Waals surface area contributed by atoms with Crippen LogP contribution in [0, 0.1) is 5.92 Å². The number of nitrogens with one attached hydrogen (secondary N) is 1. The summed E-state index contributed by atoms with van der Waals surface area (Å²) in [6.07, 6.45) is 4.11. The lowest BCUT2D eigenvalue weighted by molar-refractivity contribution is -0.00751. The summed E-state index contributed by atoms with van der Waals surface area (Å²) in [6, 6.07) is 0. The molecule has 0 aromatic heterocycles. The molecule has 1 aliphatic rings. The third-order valence-electron chi connectivity index (χ3n) is 3.16. The normalized spacial score (nSPS) is 31.6. The standard InChI is InChI=1S/C11H23NO3S/c1-3-7-16(14,15)12-9-11(13)6-4-5-10(2)8-11/h10,12-13H,3-9H2,1-2H3. The van der Waals surface area contributed by atoms with Crippen molar-refractivity contribution in [2.75, 3.05) is 12.3 Å². The molecule has 0 bridgehead atoms. The largest absolute Gasteiger partial charge is 0.389 e. The Balaban J connectivity index is 2.47. The van der Waals surface area contributed by atoms with E-state index in [-0.39, 0.29) is 12.3 Å². The lowest BCUT2D eigenvalue weighted by Gasteiger charge is -2.35. The van der Waals surface area contributed by atoms with E-state index in [4.69, 9.17) is 0 Å². The van der Waals surface area contributed by atoms with Crippen LogP contribution in [0.15, 0.2) is 0 Å². The Morgan fingerprint density at radius 1 is 1.50 bits per heavy atom. The number of aliphatic hydroxyl groups is 1. The van der Waals surface area contributed by atoms with E-state index < -0.39 is 15.6 Å². The average molecular weight is 249 g/mol. The highest BCUT2D eigenvalue weighted by Gasteiger charge is 2.33. The van der Waals surface area contributed by atoms with Crippen LogP contribution in [-0.2, 0) is 10.0 Å². The van der Waals surface area contributed by atoms with E-state index in [1.165, 1.54) is 0 Å². The Bertz CT molecular complexity index is 315. The van der Waals surface area contributed by atoms with Crippen molar-refractivity contribution in [3.8, 4) is 0 Å². The Morgan fingerprint density at radius 2 is 2.19 bits per heavy atom. The maximum atomic E-state index is 11.5. The molecule has 1 saturated carbocycles. The first-order valence-corrected chi connectivity index (χ1v) is 7.72. The molecule has 2 unspecified atom stereocenters. The first kappa shape index (κ1) is 13.9. The summed E-state index contributed by atoms with van der Waals surface area (Å²) in [7, 11) is -3.20. The van der Waals surface area contributed by atoms with E-state index in [9.17, 15) is 13.5 Å². The highest BCUT2D eigenvalue weighted by Crippen LogP contribution is 2.31. The second kappa shape index (κ2) is 5.47. The van der Waals surface area contributed by atoms with Crippen molar-refractivity contribution in [2.24, 2.45) is 5.92 Å². The Morgan fingerprint density at radius 3 is 2.75 bits per heavy atom. The SMILES string of the molecule is CCCS(=O)(=O)NCC1(O)CCCC(C)C1. The van der Waals surface area contributed by atoms with Crippen LogP contribution in [-0.4, -0.2) is 31.4 Å². The molecular weight excluding hydrogens is 226 g/mol. The Kier molecular flexibility index (Phi) is 4.76. The minimum Gasteiger partial charge on any atom is -0.389 e. The molecule has 1 aliphatic carbocycles. The monoisotopic (exact) mass is 249 g/mol. The molecule has 1 fully saturated rings. The van der Waals surface area contributed by atoms with Crippen molar-refractivity contribution in [2.45, 2.75) is 51.6 Å². The molecule has 5 heteroatoms. The molecule has 16 heavy (non-hydrogen) atoms. The Hall–Kier alpha value is -0.130. The topological polar surface area (TPSA) is 66.4 Å². The second-order valence-corrected chi connectivity index (χ2v) is 6.99. The van der Waals surface area contributed by atoms with Crippen LogP contribution in [0.2, 0.25) is 0 Å². The number of hydrogen-bond acceptors (Lipinski definition) is 3. The predicted molar refractivity (Wildman–Crippen MR) is 64.7 cm³/mol. The highest BCUT2D eigenvalue weighted by atomic mass is 32.2. The molecule has 4 nitrogen and oxygen atoms in total. The fraction of sp³-hybridized carbons (Fsp3) is 1.00. The van der Waals surface area contributed by atoms with Gasteiger partial charge in [0.1, 0.15) is 0 Å². The van der Waals surface area contributed by atoms with Crippen molar-refractivity contribution >= 4 is 10.0 Å². The van der Waals surface area contributed by atoms with Crippen LogP contribution < -0.4 is 4.72 Å². The van der Waals surface area contributed by atoms with Crippen LogP contribution >= 0.6 is 0 Å². The summed E-state index contributed by atoms with van der Waals surface area (Å²) in [5.74, 6) is 0.618. The van der Waals surface area contributed by atoms with Gasteiger partial charge in [-0.2, -0.15) is 0 Å². The maximum Gasteiger partial charge on any atom is 0.211 e. The van der Waals surface area contributed by atoms with Crippen LogP contribution in [0.4, 0.5) is 0 Å². The number of hydrogen-bond donors (Lipinski definition) is 2. The fourth-order valence-corrected chi connectivity index (χ4v) is 3.55. The van der Waals surface area contributed by atoms with E-state index >= 15 is 0 Å². The van der Waals surface area contributed by atoms with E-state index in [2.05, 4.69) is 11.6 Å². The van der Waals surface area contributed by atoms with E-state index in [1.807, 2.05) is 6.92 Å². The van der Waals surface area contributed by atoms with E-state index in [0.29, 0.717) is 25.2 Å². The summed E-state index contributed by atoms with van der Waals surface area (Å²) in [6.45, 7) is 4.10. The van der Waals surface area contributed by atoms with Gasteiger partial charge in [-0.3, -0.25) is 0 Å². The molecule has 2 N–H and O–H groups in total. The molecule has 0 aromatic rings. The van der Waals surface area contributed by atoms with Gasteiger partial charge in [-0.1, -0.05) is 26.7 Å². The quantitative estimate of drug-likeness (QED) is 0.771. The van der Waals surface area contributed by atoms with Gasteiger partial charge < -0.3 is 5.11 Å². The molecule has 0 heterocycles. The lowest BCUT2D eigenvalue weighted by Crippen LogP contribution is -2.46. The lowest BCUT2D eigenvalue weighted by atomic mass is 9.79. The summed E-state index contributed by atoms with van der Waals surface area (Å²) in [5.41, 5.74) is -0.835. The van der Waals surface area contributed by atoms with Crippen LogP contribution in [0.1, 0.15) is 46.0 Å². The maximum absolute atomic E-state index is 11.5. The molecule has 0 radical (unpaired) electrons. The minimum atomic E-state index is -3.20. The van der Waals surface area contributed by atoms with Gasteiger partial charge in [-0.15, -0.1) is 0 Å². The zero-order valence-electron chi connectivity index (χ0n) is 10.2. The molecule has 0 amide bonds. The molecule has 0 aromatic carbocycles. The first-order valence-electron chi connectivity index (χ1n) is 6.06.